The largest absolute Gasteiger partial charge is 0.463 e. The molecule has 0 aromatic carbocycles. The van der Waals surface area contributed by atoms with Crippen molar-refractivity contribution in [3.05, 3.63) is 12.8 Å². The van der Waals surface area contributed by atoms with Crippen LogP contribution in [0.25, 0.3) is 0 Å². The van der Waals surface area contributed by atoms with Gasteiger partial charge in [-0.05, 0) is 13.8 Å². The Morgan fingerprint density at radius 3 is 2.27 bits per heavy atom. The fourth-order valence-corrected chi connectivity index (χ4v) is 0.572. The smallest absolute Gasteiger partial charge is 0.302 e. The van der Waals surface area contributed by atoms with Gasteiger partial charge in [0.2, 0.25) is 0 Å². The summed E-state index contributed by atoms with van der Waals surface area (Å²) in [7, 11) is 0. The molecular weight excluding hydrogens is 144 g/mol. The molecule has 0 saturated heterocycles. The molecule has 0 heterocycles. The summed E-state index contributed by atoms with van der Waals surface area (Å²) in [5, 5.41) is 0. The molecule has 11 heavy (non-hydrogen) atoms. The summed E-state index contributed by atoms with van der Waals surface area (Å²) in [6.45, 7) is 4.47. The van der Waals surface area contributed by atoms with Crippen molar-refractivity contribution < 1.29 is 14.3 Å². The lowest BCUT2D eigenvalue weighted by Crippen LogP contribution is -2.14. The van der Waals surface area contributed by atoms with E-state index < -0.39 is 0 Å². The molecule has 0 aromatic rings. The minimum Gasteiger partial charge on any atom is -0.463 e. The number of ketones is 1. The van der Waals surface area contributed by atoms with Crippen LogP contribution in [-0.4, -0.2) is 17.9 Å². The van der Waals surface area contributed by atoms with Gasteiger partial charge in [-0.1, -0.05) is 0 Å². The fourth-order valence-electron chi connectivity index (χ4n) is 0.572. The second-order valence-corrected chi connectivity index (χ2v) is 2.28. The number of Topliss-reactive ketones (excluding diaryl/α,β-unsaturated/α-hetero) is 1. The summed E-state index contributed by atoms with van der Waals surface area (Å²) >= 11 is 0. The van der Waals surface area contributed by atoms with Crippen molar-refractivity contribution in [1.82, 2.24) is 0 Å². The van der Waals surface area contributed by atoms with E-state index in [2.05, 4.69) is 0 Å². The van der Waals surface area contributed by atoms with Gasteiger partial charge in [-0.2, -0.15) is 0 Å². The molecule has 1 unspecified atom stereocenters. The molecule has 3 nitrogen and oxygen atoms in total. The van der Waals surface area contributed by atoms with Gasteiger partial charge in [-0.3, -0.25) is 9.59 Å². The number of ether oxygens (including phenoxy) is 1. The number of carbonyl (C=O) groups is 2. The Kier molecular flexibility index (Phi) is 4.50. The molecule has 0 aliphatic rings. The van der Waals surface area contributed by atoms with Crippen LogP contribution in [0.3, 0.4) is 0 Å². The minimum absolute atomic E-state index is 0.0518. The summed E-state index contributed by atoms with van der Waals surface area (Å²) in [5.41, 5.74) is 0. The Morgan fingerprint density at radius 2 is 1.91 bits per heavy atom. The van der Waals surface area contributed by atoms with Crippen LogP contribution < -0.4 is 0 Å². The first-order valence-electron chi connectivity index (χ1n) is 3.38. The Labute approximate surface area is 66.7 Å². The number of esters is 1. The average Bonchev–Trinajstić information content (AvgIpc) is 1.82. The van der Waals surface area contributed by atoms with Crippen LogP contribution in [0.5, 0.6) is 0 Å². The molecule has 0 aliphatic heterocycles. The number of hydrogen-bond donors (Lipinski definition) is 0. The van der Waals surface area contributed by atoms with Crippen LogP contribution in [0.2, 0.25) is 0 Å². The zero-order valence-electron chi connectivity index (χ0n) is 6.96. The van der Waals surface area contributed by atoms with E-state index >= 15 is 0 Å². The number of carbonyl (C=O) groups excluding carboxylic acids is 2. The van der Waals surface area contributed by atoms with Gasteiger partial charge in [0.25, 0.3) is 0 Å². The van der Waals surface area contributed by atoms with Gasteiger partial charge in [0.05, 0.1) is 0 Å². The standard InChI is InChI=1S/C8H12O3/c1-6(9)4-5-7(2)11-8(3)10/h4-5,7H,1-3H3. The zero-order valence-corrected chi connectivity index (χ0v) is 6.96. The van der Waals surface area contributed by atoms with E-state index in [1.54, 1.807) is 13.3 Å². The highest BCUT2D eigenvalue weighted by Crippen LogP contribution is 1.99. The second-order valence-electron chi connectivity index (χ2n) is 2.28. The number of rotatable bonds is 4. The Bertz CT molecular complexity index is 151. The maximum atomic E-state index is 10.4. The van der Waals surface area contributed by atoms with E-state index in [0.717, 1.165) is 0 Å². The fraction of sp³-hybridized carbons (Fsp3) is 0.500. The molecule has 3 heteroatoms. The number of hydrogen-bond acceptors (Lipinski definition) is 3. The monoisotopic (exact) mass is 156 g/mol. The lowest BCUT2D eigenvalue weighted by atomic mass is 10.2. The van der Waals surface area contributed by atoms with Crippen LogP contribution in [0, 0.1) is 12.8 Å². The van der Waals surface area contributed by atoms with Gasteiger partial charge in [0.1, 0.15) is 11.9 Å². The van der Waals surface area contributed by atoms with E-state index in [1.807, 2.05) is 0 Å². The van der Waals surface area contributed by atoms with Crippen molar-refractivity contribution in [3.63, 3.8) is 0 Å². The maximum absolute atomic E-state index is 10.4. The first kappa shape index (κ1) is 10.1. The summed E-state index contributed by atoms with van der Waals surface area (Å²) in [6.07, 6.45) is 2.61. The van der Waals surface area contributed by atoms with Gasteiger partial charge in [0, 0.05) is 19.8 Å². The predicted molar refractivity (Wildman–Crippen MR) is 40.5 cm³/mol. The maximum Gasteiger partial charge on any atom is 0.302 e. The third kappa shape index (κ3) is 7.03. The second kappa shape index (κ2) is 4.88. The van der Waals surface area contributed by atoms with Crippen molar-refractivity contribution in [2.24, 2.45) is 0 Å². The highest BCUT2D eigenvalue weighted by atomic mass is 16.5. The van der Waals surface area contributed by atoms with Crippen molar-refractivity contribution in [2.45, 2.75) is 26.9 Å². The van der Waals surface area contributed by atoms with E-state index in [0.29, 0.717) is 0 Å². The van der Waals surface area contributed by atoms with E-state index in [1.165, 1.54) is 20.3 Å². The predicted octanol–water partition coefficient (Wildman–Crippen LogP) is 0.936. The molecule has 0 N–H and O–H groups in total. The van der Waals surface area contributed by atoms with Crippen molar-refractivity contribution in [1.29, 1.82) is 0 Å². The van der Waals surface area contributed by atoms with Crippen LogP contribution >= 0.6 is 0 Å². The molecule has 0 saturated carbocycles. The zero-order chi connectivity index (χ0) is 8.85. The minimum atomic E-state index is -0.342. The van der Waals surface area contributed by atoms with Crippen LogP contribution in [0.4, 0.5) is 0 Å². The van der Waals surface area contributed by atoms with Gasteiger partial charge >= 0.3 is 5.97 Å². The molecule has 0 rings (SSSR count). The third-order valence-electron chi connectivity index (χ3n) is 0.954. The van der Waals surface area contributed by atoms with Crippen molar-refractivity contribution in [3.8, 4) is 0 Å². The first-order valence-corrected chi connectivity index (χ1v) is 3.38. The molecule has 0 bridgehead atoms. The van der Waals surface area contributed by atoms with Gasteiger partial charge in [-0.15, -0.1) is 0 Å². The van der Waals surface area contributed by atoms with Gasteiger partial charge in [0.15, 0.2) is 0 Å². The highest BCUT2D eigenvalue weighted by molar-refractivity contribution is 5.86. The van der Waals surface area contributed by atoms with Crippen LogP contribution in [0.15, 0.2) is 0 Å². The van der Waals surface area contributed by atoms with Crippen molar-refractivity contribution in [2.75, 3.05) is 0 Å². The Hall–Kier alpha value is -0.860. The SMILES string of the molecule is CC(=O)[CH][CH]C(C)OC(C)=O. The molecule has 0 spiro atoms. The van der Waals surface area contributed by atoms with E-state index in [9.17, 15) is 9.59 Å². The average molecular weight is 156 g/mol. The molecule has 62 valence electrons. The quantitative estimate of drug-likeness (QED) is 0.569. The van der Waals surface area contributed by atoms with E-state index in [-0.39, 0.29) is 17.9 Å². The molecular formula is C8H12O3. The highest BCUT2D eigenvalue weighted by Gasteiger charge is 2.06. The Balaban J connectivity index is 3.44. The van der Waals surface area contributed by atoms with Gasteiger partial charge < -0.3 is 4.74 Å². The van der Waals surface area contributed by atoms with Crippen LogP contribution in [0.1, 0.15) is 20.8 Å². The summed E-state index contributed by atoms with van der Waals surface area (Å²) in [5.74, 6) is -0.394. The molecule has 2 radical (unpaired) electrons. The van der Waals surface area contributed by atoms with Crippen LogP contribution in [-0.2, 0) is 14.3 Å². The summed E-state index contributed by atoms with van der Waals surface area (Å²) in [6, 6.07) is 0. The van der Waals surface area contributed by atoms with Gasteiger partial charge in [-0.25, -0.2) is 0 Å². The molecule has 0 amide bonds. The molecule has 1 atom stereocenters. The summed E-state index contributed by atoms with van der Waals surface area (Å²) < 4.78 is 4.72. The molecule has 0 fully saturated rings. The summed E-state index contributed by atoms with van der Waals surface area (Å²) in [4.78, 5) is 20.8. The third-order valence-corrected chi connectivity index (χ3v) is 0.954. The molecule has 0 aliphatic carbocycles. The topological polar surface area (TPSA) is 43.4 Å². The normalized spacial score (nSPS) is 12.3. The first-order chi connectivity index (χ1) is 5.02. The van der Waals surface area contributed by atoms with E-state index in [4.69, 9.17) is 4.74 Å². The molecule has 0 aromatic heterocycles. The Morgan fingerprint density at radius 1 is 1.36 bits per heavy atom. The lowest BCUT2D eigenvalue weighted by Gasteiger charge is -2.08. The van der Waals surface area contributed by atoms with Crippen molar-refractivity contribution >= 4 is 11.8 Å². The lowest BCUT2D eigenvalue weighted by molar-refractivity contribution is -0.144.